The van der Waals surface area contributed by atoms with Gasteiger partial charge in [-0.15, -0.1) is 5.10 Å². The summed E-state index contributed by atoms with van der Waals surface area (Å²) < 4.78 is 1.83. The fourth-order valence-corrected chi connectivity index (χ4v) is 1.63. The van der Waals surface area contributed by atoms with Gasteiger partial charge >= 0.3 is 0 Å². The summed E-state index contributed by atoms with van der Waals surface area (Å²) in [5.74, 6) is 0. The zero-order chi connectivity index (χ0) is 11.4. The molecule has 2 heterocycles. The van der Waals surface area contributed by atoms with Gasteiger partial charge in [0.25, 0.3) is 0 Å². The molecule has 0 aliphatic rings. The van der Waals surface area contributed by atoms with E-state index in [0.717, 1.165) is 17.7 Å². The lowest BCUT2D eigenvalue weighted by atomic mass is 10.2. The standard InChI is InChI=1S/C11H13BrN4/c1-2-10(12)11-8-16(15-14-11)7-9-4-3-5-13-6-9/h3-6,8,10H,2,7H2,1H3. The van der Waals surface area contributed by atoms with Crippen LogP contribution in [0.4, 0.5) is 0 Å². The first-order valence-electron chi connectivity index (χ1n) is 5.22. The normalized spacial score (nSPS) is 12.6. The molecule has 0 N–H and O–H groups in total. The van der Waals surface area contributed by atoms with E-state index in [4.69, 9.17) is 0 Å². The number of rotatable bonds is 4. The number of aromatic nitrogens is 4. The van der Waals surface area contributed by atoms with E-state index in [9.17, 15) is 0 Å². The monoisotopic (exact) mass is 280 g/mol. The minimum absolute atomic E-state index is 0.287. The van der Waals surface area contributed by atoms with Crippen LogP contribution in [0.2, 0.25) is 0 Å². The first-order valence-corrected chi connectivity index (χ1v) is 6.14. The zero-order valence-electron chi connectivity index (χ0n) is 9.05. The van der Waals surface area contributed by atoms with Crippen molar-refractivity contribution in [3.8, 4) is 0 Å². The van der Waals surface area contributed by atoms with Gasteiger partial charge in [0.2, 0.25) is 0 Å². The number of nitrogens with zero attached hydrogens (tertiary/aromatic N) is 4. The highest BCUT2D eigenvalue weighted by Crippen LogP contribution is 2.23. The van der Waals surface area contributed by atoms with E-state index < -0.39 is 0 Å². The quantitative estimate of drug-likeness (QED) is 0.809. The van der Waals surface area contributed by atoms with Gasteiger partial charge < -0.3 is 0 Å². The second kappa shape index (κ2) is 5.21. The summed E-state index contributed by atoms with van der Waals surface area (Å²) in [7, 11) is 0. The molecule has 16 heavy (non-hydrogen) atoms. The molecule has 0 saturated heterocycles. The lowest BCUT2D eigenvalue weighted by molar-refractivity contribution is 0.647. The van der Waals surface area contributed by atoms with Crippen molar-refractivity contribution in [2.75, 3.05) is 0 Å². The SMILES string of the molecule is CCC(Br)c1cn(Cc2cccnc2)nn1. The average Bonchev–Trinajstić information content (AvgIpc) is 2.78. The molecular formula is C11H13BrN4. The van der Waals surface area contributed by atoms with Crippen LogP contribution in [0.5, 0.6) is 0 Å². The van der Waals surface area contributed by atoms with Crippen LogP contribution in [0.1, 0.15) is 29.4 Å². The fourth-order valence-electron chi connectivity index (χ4n) is 1.42. The molecule has 1 unspecified atom stereocenters. The average molecular weight is 281 g/mol. The lowest BCUT2D eigenvalue weighted by Crippen LogP contribution is -2.00. The summed E-state index contributed by atoms with van der Waals surface area (Å²) in [5.41, 5.74) is 2.10. The topological polar surface area (TPSA) is 43.6 Å². The molecule has 0 aromatic carbocycles. The highest BCUT2D eigenvalue weighted by Gasteiger charge is 2.09. The second-order valence-corrected chi connectivity index (χ2v) is 4.68. The Balaban J connectivity index is 2.09. The predicted molar refractivity (Wildman–Crippen MR) is 65.3 cm³/mol. The first-order chi connectivity index (χ1) is 7.79. The van der Waals surface area contributed by atoms with Crippen LogP contribution < -0.4 is 0 Å². The minimum Gasteiger partial charge on any atom is -0.264 e. The number of halogens is 1. The van der Waals surface area contributed by atoms with Crippen molar-refractivity contribution in [3.63, 3.8) is 0 Å². The van der Waals surface area contributed by atoms with E-state index >= 15 is 0 Å². The van der Waals surface area contributed by atoms with Crippen LogP contribution in [0.25, 0.3) is 0 Å². The molecule has 0 radical (unpaired) electrons. The summed E-state index contributed by atoms with van der Waals surface area (Å²) in [6, 6.07) is 3.95. The molecule has 0 aliphatic carbocycles. The van der Waals surface area contributed by atoms with Crippen molar-refractivity contribution in [2.45, 2.75) is 24.7 Å². The van der Waals surface area contributed by atoms with Crippen molar-refractivity contribution < 1.29 is 0 Å². The number of alkyl halides is 1. The highest BCUT2D eigenvalue weighted by molar-refractivity contribution is 9.09. The van der Waals surface area contributed by atoms with Crippen molar-refractivity contribution in [3.05, 3.63) is 42.0 Å². The van der Waals surface area contributed by atoms with Gasteiger partial charge in [0, 0.05) is 18.6 Å². The smallest absolute Gasteiger partial charge is 0.0963 e. The van der Waals surface area contributed by atoms with Gasteiger partial charge in [0.05, 0.1) is 17.1 Å². The number of hydrogen-bond acceptors (Lipinski definition) is 3. The van der Waals surface area contributed by atoms with E-state index in [-0.39, 0.29) is 4.83 Å². The number of hydrogen-bond donors (Lipinski definition) is 0. The molecule has 2 rings (SSSR count). The van der Waals surface area contributed by atoms with E-state index in [1.807, 2.05) is 29.2 Å². The van der Waals surface area contributed by atoms with E-state index in [2.05, 4.69) is 38.1 Å². The molecule has 0 saturated carbocycles. The fraction of sp³-hybridized carbons (Fsp3) is 0.364. The summed E-state index contributed by atoms with van der Waals surface area (Å²) in [4.78, 5) is 4.36. The zero-order valence-corrected chi connectivity index (χ0v) is 10.6. The number of pyridine rings is 1. The predicted octanol–water partition coefficient (Wildman–Crippen LogP) is 2.57. The molecule has 4 nitrogen and oxygen atoms in total. The Morgan fingerprint density at radius 3 is 3.06 bits per heavy atom. The van der Waals surface area contributed by atoms with Crippen molar-refractivity contribution in [2.24, 2.45) is 0 Å². The Hall–Kier alpha value is -1.23. The molecule has 0 amide bonds. The first kappa shape index (κ1) is 11.3. The maximum absolute atomic E-state index is 4.13. The maximum Gasteiger partial charge on any atom is 0.0963 e. The van der Waals surface area contributed by atoms with Crippen LogP contribution in [0.15, 0.2) is 30.7 Å². The summed E-state index contributed by atoms with van der Waals surface area (Å²) in [6.45, 7) is 2.82. The molecule has 84 valence electrons. The molecular weight excluding hydrogens is 268 g/mol. The molecule has 1 atom stereocenters. The third kappa shape index (κ3) is 2.66. The minimum atomic E-state index is 0.287. The van der Waals surface area contributed by atoms with Crippen LogP contribution in [0.3, 0.4) is 0 Å². The van der Waals surface area contributed by atoms with E-state index in [0.29, 0.717) is 6.54 Å². The van der Waals surface area contributed by atoms with Gasteiger partial charge in [-0.1, -0.05) is 34.1 Å². The van der Waals surface area contributed by atoms with Gasteiger partial charge in [0.1, 0.15) is 0 Å². The molecule has 2 aromatic heterocycles. The molecule has 5 heteroatoms. The van der Waals surface area contributed by atoms with Gasteiger partial charge in [-0.25, -0.2) is 4.68 Å². The lowest BCUT2D eigenvalue weighted by Gasteiger charge is -2.00. The van der Waals surface area contributed by atoms with Crippen LogP contribution in [-0.2, 0) is 6.54 Å². The second-order valence-electron chi connectivity index (χ2n) is 3.58. The van der Waals surface area contributed by atoms with Crippen LogP contribution in [-0.4, -0.2) is 20.0 Å². The Labute approximate surface area is 103 Å². The van der Waals surface area contributed by atoms with Gasteiger partial charge in [-0.3, -0.25) is 4.98 Å². The van der Waals surface area contributed by atoms with Crippen LogP contribution in [0, 0.1) is 0 Å². The van der Waals surface area contributed by atoms with Crippen molar-refractivity contribution in [1.29, 1.82) is 0 Å². The third-order valence-corrected chi connectivity index (χ3v) is 3.42. The Morgan fingerprint density at radius 2 is 2.38 bits per heavy atom. The Kier molecular flexibility index (Phi) is 3.66. The molecule has 2 aromatic rings. The van der Waals surface area contributed by atoms with Gasteiger partial charge in [0.15, 0.2) is 0 Å². The summed E-state index contributed by atoms with van der Waals surface area (Å²) in [5, 5.41) is 8.22. The molecule has 0 fully saturated rings. The van der Waals surface area contributed by atoms with Gasteiger partial charge in [-0.05, 0) is 18.1 Å². The molecule has 0 bridgehead atoms. The largest absolute Gasteiger partial charge is 0.264 e. The van der Waals surface area contributed by atoms with Crippen molar-refractivity contribution >= 4 is 15.9 Å². The van der Waals surface area contributed by atoms with Gasteiger partial charge in [-0.2, -0.15) is 0 Å². The summed E-state index contributed by atoms with van der Waals surface area (Å²) >= 11 is 3.56. The maximum atomic E-state index is 4.13. The van der Waals surface area contributed by atoms with E-state index in [1.165, 1.54) is 0 Å². The Morgan fingerprint density at radius 1 is 1.50 bits per heavy atom. The summed E-state index contributed by atoms with van der Waals surface area (Å²) in [6.07, 6.45) is 6.58. The Bertz CT molecular complexity index is 440. The molecule has 0 spiro atoms. The van der Waals surface area contributed by atoms with Crippen LogP contribution >= 0.6 is 15.9 Å². The van der Waals surface area contributed by atoms with E-state index in [1.54, 1.807) is 6.20 Å². The molecule has 0 aliphatic heterocycles. The van der Waals surface area contributed by atoms with Crippen molar-refractivity contribution in [1.82, 2.24) is 20.0 Å². The highest BCUT2D eigenvalue weighted by atomic mass is 79.9. The third-order valence-electron chi connectivity index (χ3n) is 2.30.